The van der Waals surface area contributed by atoms with Crippen LogP contribution in [0.25, 0.3) is 16.6 Å². The number of carbonyl (C=O) groups is 1. The van der Waals surface area contributed by atoms with Gasteiger partial charge in [-0.1, -0.05) is 0 Å². The van der Waals surface area contributed by atoms with Gasteiger partial charge in [0.15, 0.2) is 11.4 Å². The molecule has 0 atom stereocenters. The first-order chi connectivity index (χ1) is 15.5. The first-order valence-electron chi connectivity index (χ1n) is 10.4. The summed E-state index contributed by atoms with van der Waals surface area (Å²) in [5.41, 5.74) is 3.07. The molecule has 1 aliphatic rings. The predicted molar refractivity (Wildman–Crippen MR) is 120 cm³/mol. The highest BCUT2D eigenvalue weighted by molar-refractivity contribution is 6.14. The number of anilines is 2. The van der Waals surface area contributed by atoms with Crippen molar-refractivity contribution in [1.29, 1.82) is 0 Å². The van der Waals surface area contributed by atoms with E-state index in [1.54, 1.807) is 30.1 Å². The normalized spacial score (nSPS) is 14.3. The molecule has 1 saturated heterocycles. The second kappa shape index (κ2) is 7.79. The summed E-state index contributed by atoms with van der Waals surface area (Å²) in [6.07, 6.45) is 5.21. The fourth-order valence-electron chi connectivity index (χ4n) is 4.24. The predicted octanol–water partition coefficient (Wildman–Crippen LogP) is 2.34. The van der Waals surface area contributed by atoms with Crippen molar-refractivity contribution in [1.82, 2.24) is 24.5 Å². The Kier molecular flexibility index (Phi) is 4.93. The van der Waals surface area contributed by atoms with Crippen LogP contribution in [-0.4, -0.2) is 58.4 Å². The van der Waals surface area contributed by atoms with Crippen molar-refractivity contribution in [3.63, 3.8) is 0 Å². The number of aryl methyl sites for hydroxylation is 2. The summed E-state index contributed by atoms with van der Waals surface area (Å²) >= 11 is 0. The van der Waals surface area contributed by atoms with Gasteiger partial charge in [-0.05, 0) is 19.1 Å². The molecule has 0 aliphatic carbocycles. The molecule has 1 aromatic carbocycles. The van der Waals surface area contributed by atoms with Crippen molar-refractivity contribution >= 4 is 33.8 Å². The lowest BCUT2D eigenvalue weighted by atomic mass is 10.1. The molecular weight excluding hydrogens is 413 g/mol. The number of halogens is 1. The fraction of sp³-hybridized carbons (Fsp3) is 0.318. The van der Waals surface area contributed by atoms with E-state index in [0.29, 0.717) is 16.8 Å². The van der Waals surface area contributed by atoms with Gasteiger partial charge in [-0.15, -0.1) is 0 Å². The minimum Gasteiger partial charge on any atom is -0.491 e. The molecule has 1 fully saturated rings. The van der Waals surface area contributed by atoms with E-state index in [2.05, 4.69) is 25.6 Å². The number of hydrogen-bond donors (Lipinski definition) is 2. The van der Waals surface area contributed by atoms with E-state index in [0.717, 1.165) is 37.3 Å². The lowest BCUT2D eigenvalue weighted by Gasteiger charge is -2.30. The van der Waals surface area contributed by atoms with Gasteiger partial charge >= 0.3 is 0 Å². The average Bonchev–Trinajstić information content (AvgIpc) is 3.35. The number of imidazole rings is 1. The second-order valence-corrected chi connectivity index (χ2v) is 7.89. The summed E-state index contributed by atoms with van der Waals surface area (Å²) in [5, 5.41) is 11.6. The summed E-state index contributed by atoms with van der Waals surface area (Å²) < 4.78 is 23.4. The van der Waals surface area contributed by atoms with Gasteiger partial charge in [0.25, 0.3) is 5.91 Å². The third-order valence-corrected chi connectivity index (χ3v) is 5.68. The van der Waals surface area contributed by atoms with Crippen LogP contribution in [0.1, 0.15) is 16.1 Å². The number of ether oxygens (including phenoxy) is 1. The lowest BCUT2D eigenvalue weighted by Crippen LogP contribution is -2.43. The van der Waals surface area contributed by atoms with Crippen LogP contribution in [0.5, 0.6) is 5.75 Å². The van der Waals surface area contributed by atoms with Crippen LogP contribution in [0.15, 0.2) is 30.7 Å². The number of methoxy groups -OCH3 is 1. The molecule has 0 bridgehead atoms. The topological polar surface area (TPSA) is 88.7 Å². The third-order valence-electron chi connectivity index (χ3n) is 5.68. The molecule has 1 amide bonds. The van der Waals surface area contributed by atoms with Gasteiger partial charge in [0.1, 0.15) is 11.2 Å². The summed E-state index contributed by atoms with van der Waals surface area (Å²) in [5.74, 6) is -1.09. The number of piperazine rings is 1. The average molecular weight is 437 g/mol. The summed E-state index contributed by atoms with van der Waals surface area (Å²) in [7, 11) is 3.19. The maximum Gasteiger partial charge on any atom is 0.258 e. The Morgan fingerprint density at radius 3 is 2.75 bits per heavy atom. The number of aromatic nitrogens is 4. The fourth-order valence-corrected chi connectivity index (χ4v) is 4.24. The van der Waals surface area contributed by atoms with Crippen molar-refractivity contribution in [2.45, 2.75) is 6.92 Å². The Bertz CT molecular complexity index is 1340. The van der Waals surface area contributed by atoms with Gasteiger partial charge in [-0.3, -0.25) is 9.48 Å². The Labute approximate surface area is 183 Å². The Morgan fingerprint density at radius 2 is 2.00 bits per heavy atom. The van der Waals surface area contributed by atoms with E-state index >= 15 is 0 Å². The SMILES string of the molecule is COc1c(NC(=O)c2ccc(N3CCNCC3)c3cn(C)nc23)cn2cc(C)nc2c1F. The number of rotatable bonds is 4. The minimum atomic E-state index is -0.629. The standard InChI is InChI=1S/C22H24FN7O2/c1-13-10-30-12-16(20(32-3)18(23)21(30)25-13)26-22(31)14-4-5-17(29-8-6-24-7-9-29)15-11-28(2)27-19(14)15/h4-5,10-12,24H,6-9H2,1-3H3,(H,26,31). The van der Waals surface area contributed by atoms with Crippen LogP contribution in [0.2, 0.25) is 0 Å². The number of carbonyl (C=O) groups excluding carboxylic acids is 1. The first kappa shape index (κ1) is 20.3. The molecule has 166 valence electrons. The van der Waals surface area contributed by atoms with Crippen molar-refractivity contribution in [2.75, 3.05) is 43.5 Å². The van der Waals surface area contributed by atoms with Crippen LogP contribution in [0, 0.1) is 12.7 Å². The molecule has 9 nitrogen and oxygen atoms in total. The molecule has 10 heteroatoms. The van der Waals surface area contributed by atoms with Crippen LogP contribution in [0.4, 0.5) is 15.8 Å². The van der Waals surface area contributed by atoms with Gasteiger partial charge in [0.2, 0.25) is 5.82 Å². The zero-order valence-electron chi connectivity index (χ0n) is 18.1. The van der Waals surface area contributed by atoms with Crippen LogP contribution < -0.4 is 20.3 Å². The molecular formula is C22H24FN7O2. The van der Waals surface area contributed by atoms with Gasteiger partial charge in [-0.25, -0.2) is 4.98 Å². The number of nitrogens with one attached hydrogen (secondary N) is 2. The number of hydrogen-bond acceptors (Lipinski definition) is 6. The van der Waals surface area contributed by atoms with E-state index in [-0.39, 0.29) is 17.1 Å². The van der Waals surface area contributed by atoms with E-state index in [4.69, 9.17) is 4.74 Å². The summed E-state index contributed by atoms with van der Waals surface area (Å²) in [6, 6.07) is 3.72. The van der Waals surface area contributed by atoms with Crippen LogP contribution in [0.3, 0.4) is 0 Å². The third kappa shape index (κ3) is 3.32. The zero-order valence-corrected chi connectivity index (χ0v) is 18.1. The Balaban J connectivity index is 1.55. The number of pyridine rings is 1. The van der Waals surface area contributed by atoms with E-state index in [1.807, 2.05) is 19.3 Å². The molecule has 4 aromatic rings. The van der Waals surface area contributed by atoms with Gasteiger partial charge in [-0.2, -0.15) is 9.49 Å². The monoisotopic (exact) mass is 437 g/mol. The molecule has 3 aromatic heterocycles. The molecule has 0 unspecified atom stereocenters. The largest absolute Gasteiger partial charge is 0.491 e. The zero-order chi connectivity index (χ0) is 22.4. The number of nitrogens with zero attached hydrogens (tertiary/aromatic N) is 5. The van der Waals surface area contributed by atoms with Crippen LogP contribution in [-0.2, 0) is 7.05 Å². The molecule has 1 aliphatic heterocycles. The Morgan fingerprint density at radius 1 is 1.22 bits per heavy atom. The quantitative estimate of drug-likeness (QED) is 0.510. The van der Waals surface area contributed by atoms with Gasteiger partial charge in [0, 0.05) is 62.9 Å². The molecule has 4 heterocycles. The highest BCUT2D eigenvalue weighted by Gasteiger charge is 2.22. The number of fused-ring (bicyclic) bond motifs is 2. The summed E-state index contributed by atoms with van der Waals surface area (Å²) in [4.78, 5) is 19.7. The second-order valence-electron chi connectivity index (χ2n) is 7.89. The molecule has 5 rings (SSSR count). The highest BCUT2D eigenvalue weighted by atomic mass is 19.1. The number of benzene rings is 1. The Hall–Kier alpha value is -3.66. The smallest absolute Gasteiger partial charge is 0.258 e. The van der Waals surface area contributed by atoms with Gasteiger partial charge in [0.05, 0.1) is 18.4 Å². The van der Waals surface area contributed by atoms with E-state index in [1.165, 1.54) is 11.5 Å². The lowest BCUT2D eigenvalue weighted by molar-refractivity contribution is 0.102. The number of amides is 1. The van der Waals surface area contributed by atoms with E-state index in [9.17, 15) is 9.18 Å². The van der Waals surface area contributed by atoms with Crippen molar-refractivity contribution in [3.05, 3.63) is 47.8 Å². The maximum absolute atomic E-state index is 14.9. The van der Waals surface area contributed by atoms with Gasteiger partial charge < -0.3 is 24.7 Å². The molecule has 32 heavy (non-hydrogen) atoms. The van der Waals surface area contributed by atoms with Crippen LogP contribution >= 0.6 is 0 Å². The summed E-state index contributed by atoms with van der Waals surface area (Å²) in [6.45, 7) is 5.36. The molecule has 0 radical (unpaired) electrons. The molecule has 2 N–H and O–H groups in total. The van der Waals surface area contributed by atoms with Crippen molar-refractivity contribution in [3.8, 4) is 5.75 Å². The minimum absolute atomic E-state index is 0.0637. The van der Waals surface area contributed by atoms with Crippen molar-refractivity contribution in [2.24, 2.45) is 7.05 Å². The van der Waals surface area contributed by atoms with Crippen molar-refractivity contribution < 1.29 is 13.9 Å². The molecule has 0 spiro atoms. The van der Waals surface area contributed by atoms with E-state index < -0.39 is 11.7 Å². The first-order valence-corrected chi connectivity index (χ1v) is 10.4. The highest BCUT2D eigenvalue weighted by Crippen LogP contribution is 2.33. The molecule has 0 saturated carbocycles. The maximum atomic E-state index is 14.9.